The van der Waals surface area contributed by atoms with Crippen molar-refractivity contribution in [3.8, 4) is 22.5 Å². The van der Waals surface area contributed by atoms with Crippen LogP contribution in [0.3, 0.4) is 0 Å². The molecule has 32 heavy (non-hydrogen) atoms. The Hall–Kier alpha value is -3.80. The van der Waals surface area contributed by atoms with Crippen LogP contribution in [0.15, 0.2) is 72.8 Å². The van der Waals surface area contributed by atoms with Crippen LogP contribution >= 0.6 is 0 Å². The van der Waals surface area contributed by atoms with Gasteiger partial charge in [-0.3, -0.25) is 4.79 Å². The van der Waals surface area contributed by atoms with Crippen LogP contribution in [0.2, 0.25) is 0 Å². The number of fused-ring (bicyclic) bond motifs is 1. The van der Waals surface area contributed by atoms with Gasteiger partial charge in [0, 0.05) is 24.1 Å². The standard InChI is InChI=1S/C26H23FN4O/c27-22-15-14-21(25-30-29-24-9-5-2-6-16-31(24)25)17-23(22)28-26(32)20-12-10-19(11-13-20)18-7-3-1-4-8-18/h1,3-4,7-8,10-15,17H,2,5-6,9,16H2,(H,28,32). The van der Waals surface area contributed by atoms with Crippen LogP contribution in [0.5, 0.6) is 0 Å². The average Bonchev–Trinajstić information content (AvgIpc) is 3.09. The van der Waals surface area contributed by atoms with Gasteiger partial charge in [-0.25, -0.2) is 4.39 Å². The number of nitrogens with one attached hydrogen (secondary N) is 1. The first-order valence-corrected chi connectivity index (χ1v) is 10.9. The van der Waals surface area contributed by atoms with Crippen LogP contribution in [0.1, 0.15) is 35.4 Å². The average molecular weight is 426 g/mol. The second kappa shape index (κ2) is 8.75. The molecule has 1 aliphatic rings. The Kier molecular flexibility index (Phi) is 5.50. The molecule has 0 bridgehead atoms. The molecule has 0 aliphatic carbocycles. The van der Waals surface area contributed by atoms with Crippen LogP contribution in [0.25, 0.3) is 22.5 Å². The Morgan fingerprint density at radius 1 is 0.844 bits per heavy atom. The number of aromatic nitrogens is 3. The molecule has 1 aromatic heterocycles. The topological polar surface area (TPSA) is 59.8 Å². The number of carbonyl (C=O) groups is 1. The van der Waals surface area contributed by atoms with Gasteiger partial charge in [-0.05, 0) is 54.3 Å². The van der Waals surface area contributed by atoms with Gasteiger partial charge >= 0.3 is 0 Å². The summed E-state index contributed by atoms with van der Waals surface area (Å²) in [6, 6.07) is 21.9. The number of nitrogens with zero attached hydrogens (tertiary/aromatic N) is 3. The molecular weight excluding hydrogens is 403 g/mol. The Bertz CT molecular complexity index is 1250. The highest BCUT2D eigenvalue weighted by Gasteiger charge is 2.18. The second-order valence-corrected chi connectivity index (χ2v) is 7.99. The number of amides is 1. The molecule has 5 rings (SSSR count). The molecule has 0 radical (unpaired) electrons. The summed E-state index contributed by atoms with van der Waals surface area (Å²) < 4.78 is 16.6. The van der Waals surface area contributed by atoms with Gasteiger partial charge < -0.3 is 9.88 Å². The summed E-state index contributed by atoms with van der Waals surface area (Å²) in [5.41, 5.74) is 3.42. The first-order valence-electron chi connectivity index (χ1n) is 10.9. The third-order valence-corrected chi connectivity index (χ3v) is 5.84. The van der Waals surface area contributed by atoms with Crippen LogP contribution in [-0.2, 0) is 13.0 Å². The molecule has 0 saturated heterocycles. The molecule has 6 heteroatoms. The van der Waals surface area contributed by atoms with Crippen LogP contribution in [-0.4, -0.2) is 20.7 Å². The van der Waals surface area contributed by atoms with Gasteiger partial charge in [-0.1, -0.05) is 48.9 Å². The van der Waals surface area contributed by atoms with E-state index in [9.17, 15) is 9.18 Å². The third kappa shape index (κ3) is 4.04. The van der Waals surface area contributed by atoms with Gasteiger partial charge in [-0.2, -0.15) is 0 Å². The van der Waals surface area contributed by atoms with Crippen molar-refractivity contribution in [2.24, 2.45) is 0 Å². The van der Waals surface area contributed by atoms with E-state index in [1.807, 2.05) is 42.5 Å². The smallest absolute Gasteiger partial charge is 0.255 e. The van der Waals surface area contributed by atoms with E-state index in [0.29, 0.717) is 11.4 Å². The van der Waals surface area contributed by atoms with Gasteiger partial charge in [0.05, 0.1) is 5.69 Å². The number of hydrogen-bond acceptors (Lipinski definition) is 3. The zero-order valence-electron chi connectivity index (χ0n) is 17.6. The molecule has 0 saturated carbocycles. The second-order valence-electron chi connectivity index (χ2n) is 7.99. The van der Waals surface area contributed by atoms with E-state index in [0.717, 1.165) is 54.7 Å². The van der Waals surface area contributed by atoms with Crippen LogP contribution in [0, 0.1) is 5.82 Å². The molecule has 1 aliphatic heterocycles. The molecular formula is C26H23FN4O. The Morgan fingerprint density at radius 3 is 2.41 bits per heavy atom. The van der Waals surface area contributed by atoms with Crippen LogP contribution < -0.4 is 5.32 Å². The molecule has 2 heterocycles. The zero-order chi connectivity index (χ0) is 21.9. The maximum atomic E-state index is 14.5. The van der Waals surface area contributed by atoms with Crippen molar-refractivity contribution >= 4 is 11.6 Å². The highest BCUT2D eigenvalue weighted by Crippen LogP contribution is 2.27. The highest BCUT2D eigenvalue weighted by molar-refractivity contribution is 6.04. The van der Waals surface area contributed by atoms with Gasteiger partial charge in [0.25, 0.3) is 5.91 Å². The summed E-state index contributed by atoms with van der Waals surface area (Å²) >= 11 is 0. The predicted octanol–water partition coefficient (Wildman–Crippen LogP) is 5.73. The number of rotatable bonds is 4. The highest BCUT2D eigenvalue weighted by atomic mass is 19.1. The number of aryl methyl sites for hydroxylation is 1. The molecule has 5 nitrogen and oxygen atoms in total. The van der Waals surface area contributed by atoms with E-state index < -0.39 is 5.82 Å². The van der Waals surface area contributed by atoms with Crippen LogP contribution in [0.4, 0.5) is 10.1 Å². The zero-order valence-corrected chi connectivity index (χ0v) is 17.6. The summed E-state index contributed by atoms with van der Waals surface area (Å²) in [6.07, 6.45) is 4.24. The lowest BCUT2D eigenvalue weighted by Gasteiger charge is -2.11. The molecule has 1 N–H and O–H groups in total. The van der Waals surface area contributed by atoms with E-state index in [-0.39, 0.29) is 11.6 Å². The SMILES string of the molecule is O=C(Nc1cc(-c2nnc3n2CCCCC3)ccc1F)c1ccc(-c2ccccc2)cc1. The van der Waals surface area contributed by atoms with Crippen molar-refractivity contribution in [2.75, 3.05) is 5.32 Å². The Labute approximate surface area is 185 Å². The lowest BCUT2D eigenvalue weighted by molar-refractivity contribution is 0.102. The summed E-state index contributed by atoms with van der Waals surface area (Å²) in [4.78, 5) is 12.8. The number of anilines is 1. The van der Waals surface area contributed by atoms with E-state index in [2.05, 4.69) is 20.1 Å². The van der Waals surface area contributed by atoms with Gasteiger partial charge in [0.2, 0.25) is 0 Å². The molecule has 3 aromatic carbocycles. The predicted molar refractivity (Wildman–Crippen MR) is 123 cm³/mol. The van der Waals surface area contributed by atoms with Crippen molar-refractivity contribution in [2.45, 2.75) is 32.2 Å². The first kappa shape index (κ1) is 20.1. The maximum Gasteiger partial charge on any atom is 0.255 e. The minimum Gasteiger partial charge on any atom is -0.319 e. The number of benzene rings is 3. The van der Waals surface area contributed by atoms with E-state index in [1.165, 1.54) is 6.07 Å². The largest absolute Gasteiger partial charge is 0.319 e. The Balaban J connectivity index is 1.38. The quantitative estimate of drug-likeness (QED) is 0.453. The fourth-order valence-corrected chi connectivity index (χ4v) is 4.10. The Morgan fingerprint density at radius 2 is 1.59 bits per heavy atom. The van der Waals surface area contributed by atoms with Gasteiger partial charge in [0.15, 0.2) is 5.82 Å². The van der Waals surface area contributed by atoms with Gasteiger partial charge in [0.1, 0.15) is 11.6 Å². The lowest BCUT2D eigenvalue weighted by atomic mass is 10.0. The molecule has 0 atom stereocenters. The number of hydrogen-bond donors (Lipinski definition) is 1. The van der Waals surface area contributed by atoms with Crippen molar-refractivity contribution in [1.82, 2.24) is 14.8 Å². The van der Waals surface area contributed by atoms with E-state index in [1.54, 1.807) is 24.3 Å². The minimum atomic E-state index is -0.487. The van der Waals surface area contributed by atoms with Crippen molar-refractivity contribution < 1.29 is 9.18 Å². The number of carbonyl (C=O) groups excluding carboxylic acids is 1. The van der Waals surface area contributed by atoms with Crippen molar-refractivity contribution in [3.05, 3.63) is 90.0 Å². The lowest BCUT2D eigenvalue weighted by Crippen LogP contribution is -2.13. The normalized spacial score (nSPS) is 13.3. The monoisotopic (exact) mass is 426 g/mol. The fraction of sp³-hybridized carbons (Fsp3) is 0.192. The maximum absolute atomic E-state index is 14.5. The summed E-state index contributed by atoms with van der Waals surface area (Å²) in [7, 11) is 0. The molecule has 0 unspecified atom stereocenters. The van der Waals surface area contributed by atoms with E-state index in [4.69, 9.17) is 0 Å². The molecule has 1 amide bonds. The molecule has 4 aromatic rings. The molecule has 0 fully saturated rings. The number of halogens is 1. The molecule has 160 valence electrons. The summed E-state index contributed by atoms with van der Waals surface area (Å²) in [6.45, 7) is 0.852. The van der Waals surface area contributed by atoms with Crippen molar-refractivity contribution in [3.63, 3.8) is 0 Å². The first-order chi connectivity index (χ1) is 15.7. The van der Waals surface area contributed by atoms with Crippen molar-refractivity contribution in [1.29, 1.82) is 0 Å². The fourth-order valence-electron chi connectivity index (χ4n) is 4.10. The summed E-state index contributed by atoms with van der Waals surface area (Å²) in [5.74, 6) is 0.829. The minimum absolute atomic E-state index is 0.130. The van der Waals surface area contributed by atoms with Gasteiger partial charge in [-0.15, -0.1) is 10.2 Å². The molecule has 0 spiro atoms. The van der Waals surface area contributed by atoms with E-state index >= 15 is 0 Å². The third-order valence-electron chi connectivity index (χ3n) is 5.84. The summed E-state index contributed by atoms with van der Waals surface area (Å²) in [5, 5.41) is 11.4.